The van der Waals surface area contributed by atoms with Crippen LogP contribution in [0.2, 0.25) is 0 Å². The average molecular weight is 341 g/mol. The Kier molecular flexibility index (Phi) is 4.48. The standard InChI is InChI=1S/C15H25BrN4/c1-3-13-15(16)14(20(4-2)17-13)11-18-8-9-19-7-5-6-12(19)10-18/h12H,3-11H2,1-2H3. The molecular formula is C15H25BrN4. The first-order valence-corrected chi connectivity index (χ1v) is 8.72. The summed E-state index contributed by atoms with van der Waals surface area (Å²) in [6.45, 7) is 11.3. The summed E-state index contributed by atoms with van der Waals surface area (Å²) in [6, 6.07) is 0.797. The highest BCUT2D eigenvalue weighted by Crippen LogP contribution is 2.26. The SMILES string of the molecule is CCc1nn(CC)c(CN2CCN3CCCC3C2)c1Br. The molecule has 1 unspecified atom stereocenters. The lowest BCUT2D eigenvalue weighted by Gasteiger charge is -2.37. The molecular weight excluding hydrogens is 316 g/mol. The normalized spacial score (nSPS) is 24.2. The van der Waals surface area contributed by atoms with Gasteiger partial charge in [0.25, 0.3) is 0 Å². The number of hydrogen-bond donors (Lipinski definition) is 0. The molecule has 0 radical (unpaired) electrons. The van der Waals surface area contributed by atoms with Gasteiger partial charge in [-0.05, 0) is 48.7 Å². The molecule has 0 aliphatic carbocycles. The number of nitrogens with zero attached hydrogens (tertiary/aromatic N) is 4. The summed E-state index contributed by atoms with van der Waals surface area (Å²) >= 11 is 3.77. The zero-order valence-corrected chi connectivity index (χ0v) is 14.2. The maximum atomic E-state index is 4.71. The van der Waals surface area contributed by atoms with E-state index in [9.17, 15) is 0 Å². The highest BCUT2D eigenvalue weighted by molar-refractivity contribution is 9.10. The van der Waals surface area contributed by atoms with Crippen LogP contribution in [0.1, 0.15) is 38.1 Å². The molecule has 1 aromatic rings. The zero-order valence-electron chi connectivity index (χ0n) is 12.6. The topological polar surface area (TPSA) is 24.3 Å². The van der Waals surface area contributed by atoms with Crippen molar-refractivity contribution in [2.45, 2.75) is 52.2 Å². The van der Waals surface area contributed by atoms with Gasteiger partial charge < -0.3 is 0 Å². The summed E-state index contributed by atoms with van der Waals surface area (Å²) in [6.07, 6.45) is 3.76. The molecule has 2 aliphatic heterocycles. The van der Waals surface area contributed by atoms with Gasteiger partial charge in [0.1, 0.15) is 0 Å². The molecule has 5 heteroatoms. The fourth-order valence-corrected chi connectivity index (χ4v) is 4.27. The van der Waals surface area contributed by atoms with Crippen LogP contribution in [-0.2, 0) is 19.5 Å². The summed E-state index contributed by atoms with van der Waals surface area (Å²) in [5.41, 5.74) is 2.55. The Morgan fingerprint density at radius 1 is 1.25 bits per heavy atom. The van der Waals surface area contributed by atoms with E-state index in [4.69, 9.17) is 5.10 Å². The molecule has 0 N–H and O–H groups in total. The van der Waals surface area contributed by atoms with Crippen molar-refractivity contribution in [3.8, 4) is 0 Å². The second-order valence-electron chi connectivity index (χ2n) is 5.94. The van der Waals surface area contributed by atoms with Crippen LogP contribution < -0.4 is 0 Å². The Hall–Kier alpha value is -0.390. The van der Waals surface area contributed by atoms with Crippen LogP contribution in [0.25, 0.3) is 0 Å². The second kappa shape index (κ2) is 6.16. The van der Waals surface area contributed by atoms with E-state index in [2.05, 4.69) is 44.3 Å². The van der Waals surface area contributed by atoms with Crippen LogP contribution in [0, 0.1) is 0 Å². The lowest BCUT2D eigenvalue weighted by atomic mass is 10.1. The molecule has 1 aromatic heterocycles. The third-order valence-corrected chi connectivity index (χ3v) is 5.65. The van der Waals surface area contributed by atoms with E-state index in [1.54, 1.807) is 0 Å². The molecule has 0 bridgehead atoms. The monoisotopic (exact) mass is 340 g/mol. The number of aromatic nitrogens is 2. The minimum absolute atomic E-state index is 0.797. The fourth-order valence-electron chi connectivity index (χ4n) is 3.58. The van der Waals surface area contributed by atoms with Gasteiger partial charge >= 0.3 is 0 Å². The summed E-state index contributed by atoms with van der Waals surface area (Å²) < 4.78 is 3.40. The largest absolute Gasteiger partial charge is 0.298 e. The molecule has 0 amide bonds. The molecule has 0 spiro atoms. The van der Waals surface area contributed by atoms with Gasteiger partial charge in [-0.2, -0.15) is 5.10 Å². The first-order valence-electron chi connectivity index (χ1n) is 7.93. The molecule has 4 nitrogen and oxygen atoms in total. The van der Waals surface area contributed by atoms with Crippen LogP contribution in [0.3, 0.4) is 0 Å². The number of fused-ring (bicyclic) bond motifs is 1. The van der Waals surface area contributed by atoms with E-state index < -0.39 is 0 Å². The van der Waals surface area contributed by atoms with Gasteiger partial charge in [0.2, 0.25) is 0 Å². The van der Waals surface area contributed by atoms with Gasteiger partial charge in [-0.1, -0.05) is 6.92 Å². The molecule has 1 atom stereocenters. The molecule has 2 aliphatic rings. The molecule has 3 heterocycles. The minimum Gasteiger partial charge on any atom is -0.298 e. The van der Waals surface area contributed by atoms with Crippen molar-refractivity contribution < 1.29 is 0 Å². The number of rotatable bonds is 4. The number of hydrogen-bond acceptors (Lipinski definition) is 3. The average Bonchev–Trinajstić information content (AvgIpc) is 3.04. The molecule has 0 aromatic carbocycles. The minimum atomic E-state index is 0.797. The quantitative estimate of drug-likeness (QED) is 0.841. The van der Waals surface area contributed by atoms with Crippen molar-refractivity contribution in [2.24, 2.45) is 0 Å². The predicted molar refractivity (Wildman–Crippen MR) is 84.9 cm³/mol. The first kappa shape index (κ1) is 14.5. The Bertz CT molecular complexity index is 471. The van der Waals surface area contributed by atoms with Crippen molar-refractivity contribution in [1.29, 1.82) is 0 Å². The van der Waals surface area contributed by atoms with Gasteiger partial charge in [0.15, 0.2) is 0 Å². The van der Waals surface area contributed by atoms with Crippen molar-refractivity contribution in [2.75, 3.05) is 26.2 Å². The van der Waals surface area contributed by atoms with Crippen molar-refractivity contribution >= 4 is 15.9 Å². The van der Waals surface area contributed by atoms with Crippen molar-refractivity contribution in [3.63, 3.8) is 0 Å². The third kappa shape index (κ3) is 2.68. The summed E-state index contributed by atoms with van der Waals surface area (Å²) in [4.78, 5) is 5.28. The maximum absolute atomic E-state index is 4.71. The van der Waals surface area contributed by atoms with Gasteiger partial charge in [-0.25, -0.2) is 0 Å². The molecule has 2 saturated heterocycles. The van der Waals surface area contributed by atoms with E-state index in [1.807, 2.05) is 0 Å². The molecule has 20 heavy (non-hydrogen) atoms. The highest BCUT2D eigenvalue weighted by atomic mass is 79.9. The van der Waals surface area contributed by atoms with Gasteiger partial charge in [-0.15, -0.1) is 0 Å². The number of aryl methyl sites for hydroxylation is 2. The third-order valence-electron chi connectivity index (χ3n) is 4.74. The molecule has 112 valence electrons. The van der Waals surface area contributed by atoms with Crippen LogP contribution in [0.15, 0.2) is 4.47 Å². The summed E-state index contributed by atoms with van der Waals surface area (Å²) in [5.74, 6) is 0. The zero-order chi connectivity index (χ0) is 14.1. The van der Waals surface area contributed by atoms with E-state index in [0.717, 1.165) is 25.6 Å². The fraction of sp³-hybridized carbons (Fsp3) is 0.800. The van der Waals surface area contributed by atoms with E-state index in [0.29, 0.717) is 0 Å². The van der Waals surface area contributed by atoms with Crippen molar-refractivity contribution in [3.05, 3.63) is 15.9 Å². The van der Waals surface area contributed by atoms with Gasteiger partial charge in [-0.3, -0.25) is 14.5 Å². The molecule has 3 rings (SSSR count). The van der Waals surface area contributed by atoms with E-state index in [-0.39, 0.29) is 0 Å². The van der Waals surface area contributed by atoms with E-state index in [1.165, 1.54) is 54.9 Å². The summed E-state index contributed by atoms with van der Waals surface area (Å²) in [5, 5.41) is 4.71. The lowest BCUT2D eigenvalue weighted by Crippen LogP contribution is -2.49. The van der Waals surface area contributed by atoms with Crippen LogP contribution in [0.4, 0.5) is 0 Å². The number of halogens is 1. The summed E-state index contributed by atoms with van der Waals surface area (Å²) in [7, 11) is 0. The van der Waals surface area contributed by atoms with E-state index >= 15 is 0 Å². The Morgan fingerprint density at radius 3 is 2.85 bits per heavy atom. The Labute approximate surface area is 130 Å². The number of piperazine rings is 1. The Balaban J connectivity index is 1.72. The second-order valence-corrected chi connectivity index (χ2v) is 6.74. The van der Waals surface area contributed by atoms with Crippen LogP contribution >= 0.6 is 15.9 Å². The van der Waals surface area contributed by atoms with Crippen LogP contribution in [-0.4, -0.2) is 51.8 Å². The molecule has 0 saturated carbocycles. The van der Waals surface area contributed by atoms with Gasteiger partial charge in [0, 0.05) is 38.8 Å². The van der Waals surface area contributed by atoms with Gasteiger partial charge in [0.05, 0.1) is 15.9 Å². The molecule has 2 fully saturated rings. The predicted octanol–water partition coefficient (Wildman–Crippen LogP) is 2.51. The van der Waals surface area contributed by atoms with Crippen molar-refractivity contribution in [1.82, 2.24) is 19.6 Å². The maximum Gasteiger partial charge on any atom is 0.0767 e. The lowest BCUT2D eigenvalue weighted by molar-refractivity contribution is 0.0971. The Morgan fingerprint density at radius 2 is 2.10 bits per heavy atom. The van der Waals surface area contributed by atoms with Crippen LogP contribution in [0.5, 0.6) is 0 Å². The smallest absolute Gasteiger partial charge is 0.0767 e. The first-order chi connectivity index (χ1) is 9.72. The highest BCUT2D eigenvalue weighted by Gasteiger charge is 2.31.